The SMILES string of the molecule is Cc1ncnc2c1c(Br)nn2C12CNC(C1)C2. The van der Waals surface area contributed by atoms with Gasteiger partial charge in [0.15, 0.2) is 5.65 Å². The molecule has 2 aromatic rings. The van der Waals surface area contributed by atoms with Gasteiger partial charge in [-0.2, -0.15) is 5.10 Å². The predicted molar refractivity (Wildman–Crippen MR) is 66.8 cm³/mol. The van der Waals surface area contributed by atoms with Crippen LogP contribution in [0.4, 0.5) is 0 Å². The fourth-order valence-corrected chi connectivity index (χ4v) is 3.73. The van der Waals surface area contributed by atoms with E-state index >= 15 is 0 Å². The Morgan fingerprint density at radius 1 is 1.47 bits per heavy atom. The summed E-state index contributed by atoms with van der Waals surface area (Å²) in [5, 5.41) is 9.17. The first kappa shape index (κ1) is 9.96. The Labute approximate surface area is 107 Å². The number of aromatic nitrogens is 4. The van der Waals surface area contributed by atoms with Crippen LogP contribution in [0.25, 0.3) is 11.0 Å². The lowest BCUT2D eigenvalue weighted by atomic mass is 9.78. The van der Waals surface area contributed by atoms with E-state index in [1.807, 2.05) is 6.92 Å². The Balaban J connectivity index is 2.00. The van der Waals surface area contributed by atoms with Gasteiger partial charge in [0, 0.05) is 12.6 Å². The molecule has 0 amide bonds. The maximum atomic E-state index is 4.63. The molecule has 2 aliphatic heterocycles. The summed E-state index contributed by atoms with van der Waals surface area (Å²) in [5.74, 6) is 0. The van der Waals surface area contributed by atoms with Crippen LogP contribution in [-0.2, 0) is 5.54 Å². The fraction of sp³-hybridized carbons (Fsp3) is 0.545. The molecule has 2 aromatic heterocycles. The number of hydrogen-bond donors (Lipinski definition) is 1. The minimum atomic E-state index is 0.149. The highest BCUT2D eigenvalue weighted by molar-refractivity contribution is 9.10. The van der Waals surface area contributed by atoms with Gasteiger partial charge >= 0.3 is 0 Å². The Bertz CT molecular complexity index is 608. The molecule has 0 radical (unpaired) electrons. The van der Waals surface area contributed by atoms with Crippen molar-refractivity contribution in [3.8, 4) is 0 Å². The maximum Gasteiger partial charge on any atom is 0.163 e. The van der Waals surface area contributed by atoms with E-state index in [0.29, 0.717) is 6.04 Å². The van der Waals surface area contributed by atoms with Crippen LogP contribution < -0.4 is 5.32 Å². The van der Waals surface area contributed by atoms with Crippen LogP contribution in [0.15, 0.2) is 10.9 Å². The summed E-state index contributed by atoms with van der Waals surface area (Å²) in [6.45, 7) is 3.00. The molecule has 1 saturated carbocycles. The minimum Gasteiger partial charge on any atom is -0.311 e. The third-order valence-corrected chi connectivity index (χ3v) is 4.59. The van der Waals surface area contributed by atoms with Crippen LogP contribution in [0, 0.1) is 6.92 Å². The van der Waals surface area contributed by atoms with Gasteiger partial charge in [0.2, 0.25) is 0 Å². The third-order valence-electron chi connectivity index (χ3n) is 4.03. The monoisotopic (exact) mass is 293 g/mol. The van der Waals surface area contributed by atoms with Gasteiger partial charge in [-0.25, -0.2) is 14.6 Å². The van der Waals surface area contributed by atoms with Crippen molar-refractivity contribution in [3.63, 3.8) is 0 Å². The molecule has 2 saturated heterocycles. The molecule has 0 spiro atoms. The van der Waals surface area contributed by atoms with Crippen LogP contribution >= 0.6 is 15.9 Å². The van der Waals surface area contributed by atoms with Crippen molar-refractivity contribution in [2.45, 2.75) is 31.3 Å². The second-order valence-electron chi connectivity index (χ2n) is 5.07. The number of halogens is 1. The summed E-state index contributed by atoms with van der Waals surface area (Å²) < 4.78 is 2.95. The number of nitrogens with zero attached hydrogens (tertiary/aromatic N) is 4. The number of aryl methyl sites for hydroxylation is 1. The van der Waals surface area contributed by atoms with Gasteiger partial charge in [-0.3, -0.25) is 0 Å². The number of fused-ring (bicyclic) bond motifs is 2. The molecule has 2 bridgehead atoms. The summed E-state index contributed by atoms with van der Waals surface area (Å²) in [6.07, 6.45) is 3.95. The molecule has 4 heterocycles. The molecule has 1 aliphatic carbocycles. The molecule has 0 unspecified atom stereocenters. The van der Waals surface area contributed by atoms with Crippen LogP contribution in [-0.4, -0.2) is 32.3 Å². The summed E-state index contributed by atoms with van der Waals surface area (Å²) in [6, 6.07) is 0.677. The van der Waals surface area contributed by atoms with Crippen LogP contribution in [0.1, 0.15) is 18.5 Å². The lowest BCUT2D eigenvalue weighted by Crippen LogP contribution is -2.43. The molecule has 0 atom stereocenters. The smallest absolute Gasteiger partial charge is 0.163 e. The minimum absolute atomic E-state index is 0.149. The van der Waals surface area contributed by atoms with Crippen molar-refractivity contribution in [3.05, 3.63) is 16.6 Å². The van der Waals surface area contributed by atoms with E-state index in [1.54, 1.807) is 6.33 Å². The van der Waals surface area contributed by atoms with Gasteiger partial charge in [-0.05, 0) is 35.7 Å². The highest BCUT2D eigenvalue weighted by Crippen LogP contribution is 2.46. The summed E-state index contributed by atoms with van der Waals surface area (Å²) >= 11 is 3.52. The zero-order valence-corrected chi connectivity index (χ0v) is 11.0. The maximum absolute atomic E-state index is 4.63. The number of rotatable bonds is 1. The molecule has 88 valence electrons. The molecule has 1 N–H and O–H groups in total. The molecule has 5 rings (SSSR count). The molecule has 6 heteroatoms. The van der Waals surface area contributed by atoms with E-state index in [9.17, 15) is 0 Å². The van der Waals surface area contributed by atoms with Gasteiger partial charge in [0.05, 0.1) is 16.6 Å². The number of hydrogen-bond acceptors (Lipinski definition) is 4. The molecule has 0 aromatic carbocycles. The molecular formula is C11H12BrN5. The molecular weight excluding hydrogens is 282 g/mol. The summed E-state index contributed by atoms with van der Waals surface area (Å²) in [4.78, 5) is 8.64. The highest BCUT2D eigenvalue weighted by Gasteiger charge is 2.53. The van der Waals surface area contributed by atoms with E-state index in [0.717, 1.165) is 27.9 Å². The zero-order chi connectivity index (χ0) is 11.6. The first-order valence-electron chi connectivity index (χ1n) is 5.79. The van der Waals surface area contributed by atoms with E-state index < -0.39 is 0 Å². The van der Waals surface area contributed by atoms with Crippen LogP contribution in [0.5, 0.6) is 0 Å². The predicted octanol–water partition coefficient (Wildman–Crippen LogP) is 1.36. The van der Waals surface area contributed by atoms with E-state index in [4.69, 9.17) is 0 Å². The van der Waals surface area contributed by atoms with Crippen molar-refractivity contribution in [1.82, 2.24) is 25.1 Å². The van der Waals surface area contributed by atoms with Gasteiger partial charge in [0.1, 0.15) is 10.9 Å². The highest BCUT2D eigenvalue weighted by atomic mass is 79.9. The quantitative estimate of drug-likeness (QED) is 0.863. The number of nitrogens with one attached hydrogen (secondary N) is 1. The Morgan fingerprint density at radius 2 is 2.29 bits per heavy atom. The zero-order valence-electron chi connectivity index (χ0n) is 9.44. The Hall–Kier alpha value is -1.01. The molecule has 3 aliphatic rings. The lowest BCUT2D eigenvalue weighted by molar-refractivity contribution is 0.186. The third kappa shape index (κ3) is 1.15. The molecule has 17 heavy (non-hydrogen) atoms. The van der Waals surface area contributed by atoms with Crippen molar-refractivity contribution >= 4 is 27.0 Å². The first-order valence-corrected chi connectivity index (χ1v) is 6.59. The first-order chi connectivity index (χ1) is 8.20. The topological polar surface area (TPSA) is 55.6 Å². The van der Waals surface area contributed by atoms with Crippen molar-refractivity contribution in [1.29, 1.82) is 0 Å². The van der Waals surface area contributed by atoms with Crippen molar-refractivity contribution in [2.75, 3.05) is 6.54 Å². The fourth-order valence-electron chi connectivity index (χ4n) is 3.11. The van der Waals surface area contributed by atoms with Gasteiger partial charge in [0.25, 0.3) is 0 Å². The standard InChI is InChI=1S/C11H12BrN5/c1-6-8-9(12)16-17(10(8)15-5-14-6)11-2-7(3-11)13-4-11/h5,7,13H,2-4H2,1H3. The van der Waals surface area contributed by atoms with Gasteiger partial charge in [-0.15, -0.1) is 0 Å². The van der Waals surface area contributed by atoms with Gasteiger partial charge in [-0.1, -0.05) is 0 Å². The average Bonchev–Trinajstić information content (AvgIpc) is 2.90. The molecule has 5 nitrogen and oxygen atoms in total. The Morgan fingerprint density at radius 3 is 3.00 bits per heavy atom. The second-order valence-corrected chi connectivity index (χ2v) is 5.82. The summed E-state index contributed by atoms with van der Waals surface area (Å²) in [7, 11) is 0. The lowest BCUT2D eigenvalue weighted by Gasteiger charge is -2.37. The van der Waals surface area contributed by atoms with Crippen molar-refractivity contribution in [2.24, 2.45) is 0 Å². The summed E-state index contributed by atoms with van der Waals surface area (Å²) in [5.41, 5.74) is 2.08. The van der Waals surface area contributed by atoms with Crippen LogP contribution in [0.2, 0.25) is 0 Å². The second kappa shape index (κ2) is 3.05. The normalized spacial score (nSPS) is 30.8. The van der Waals surface area contributed by atoms with Gasteiger partial charge < -0.3 is 5.32 Å². The van der Waals surface area contributed by atoms with Crippen molar-refractivity contribution < 1.29 is 0 Å². The molecule has 3 fully saturated rings. The van der Waals surface area contributed by atoms with E-state index in [-0.39, 0.29) is 5.54 Å². The Kier molecular flexibility index (Phi) is 1.79. The largest absolute Gasteiger partial charge is 0.311 e. The van der Waals surface area contributed by atoms with E-state index in [2.05, 4.69) is 41.0 Å². The average molecular weight is 294 g/mol. The van der Waals surface area contributed by atoms with Crippen LogP contribution in [0.3, 0.4) is 0 Å². The van der Waals surface area contributed by atoms with E-state index in [1.165, 1.54) is 12.8 Å².